The Morgan fingerprint density at radius 1 is 1.12 bits per heavy atom. The normalized spacial score (nSPS) is 15.6. The molecule has 1 heterocycles. The van der Waals surface area contributed by atoms with Crippen LogP contribution in [0.15, 0.2) is 42.5 Å². The van der Waals surface area contributed by atoms with Crippen molar-refractivity contribution in [1.82, 2.24) is 10.6 Å². The van der Waals surface area contributed by atoms with Gasteiger partial charge in [-0.25, -0.2) is 0 Å². The third-order valence-corrected chi connectivity index (χ3v) is 7.62. The number of anilines is 1. The van der Waals surface area contributed by atoms with Crippen molar-refractivity contribution in [2.24, 2.45) is 5.92 Å². The maximum Gasteiger partial charge on any atom is 0.298 e. The maximum absolute atomic E-state index is 13.9. The predicted octanol–water partition coefficient (Wildman–Crippen LogP) is 4.81. The van der Waals surface area contributed by atoms with E-state index in [4.69, 9.17) is 4.74 Å². The zero-order valence-electron chi connectivity index (χ0n) is 25.0. The molecule has 1 fully saturated rings. The van der Waals surface area contributed by atoms with Crippen LogP contribution in [0.4, 0.5) is 5.69 Å². The van der Waals surface area contributed by atoms with E-state index in [1.54, 1.807) is 11.0 Å². The van der Waals surface area contributed by atoms with Crippen molar-refractivity contribution in [2.75, 3.05) is 18.0 Å². The highest BCUT2D eigenvalue weighted by Crippen LogP contribution is 2.36. The summed E-state index contributed by atoms with van der Waals surface area (Å²) in [5, 5.41) is 17.7. The largest absolute Gasteiger partial charge is 0.426 e. The van der Waals surface area contributed by atoms with E-state index in [1.165, 1.54) is 0 Å². The average Bonchev–Trinajstić information content (AvgIpc) is 3.38. The van der Waals surface area contributed by atoms with E-state index in [1.807, 2.05) is 43.3 Å². The Hall–Kier alpha value is -3.23. The Morgan fingerprint density at radius 2 is 1.88 bits per heavy atom. The monoisotopic (exact) mass is 565 g/mol. The van der Waals surface area contributed by atoms with E-state index in [9.17, 15) is 19.5 Å². The fourth-order valence-electron chi connectivity index (χ4n) is 5.34. The Labute approximate surface area is 244 Å². The van der Waals surface area contributed by atoms with Crippen LogP contribution in [0.25, 0.3) is 0 Å². The molecule has 0 aliphatic carbocycles. The molecule has 3 atom stereocenters. The first-order chi connectivity index (χ1) is 19.7. The highest BCUT2D eigenvalue weighted by Gasteiger charge is 2.30. The summed E-state index contributed by atoms with van der Waals surface area (Å²) in [4.78, 5) is 39.6. The number of aliphatic hydroxyl groups excluding tert-OH is 1. The second-order valence-corrected chi connectivity index (χ2v) is 11.6. The summed E-state index contributed by atoms with van der Waals surface area (Å²) in [6, 6.07) is 12.9. The predicted molar refractivity (Wildman–Crippen MR) is 162 cm³/mol. The molecule has 41 heavy (non-hydrogen) atoms. The molecule has 0 bridgehead atoms. The molecule has 3 rings (SSSR count). The second-order valence-electron chi connectivity index (χ2n) is 11.6. The van der Waals surface area contributed by atoms with E-state index in [2.05, 4.69) is 31.4 Å². The molecular weight excluding hydrogens is 518 g/mol. The summed E-state index contributed by atoms with van der Waals surface area (Å²) in [5.41, 5.74) is 2.47. The van der Waals surface area contributed by atoms with Gasteiger partial charge in [0.2, 0.25) is 5.91 Å². The van der Waals surface area contributed by atoms with E-state index >= 15 is 0 Å². The number of carbonyl (C=O) groups excluding carboxylic acids is 3. The summed E-state index contributed by atoms with van der Waals surface area (Å²) < 4.78 is 5.37. The number of aryl methyl sites for hydroxylation is 1. The van der Waals surface area contributed by atoms with Gasteiger partial charge in [-0.2, -0.15) is 0 Å². The minimum Gasteiger partial charge on any atom is -0.426 e. The number of nitrogens with zero attached hydrogens (tertiary/aromatic N) is 1. The van der Waals surface area contributed by atoms with Crippen molar-refractivity contribution < 1.29 is 24.2 Å². The van der Waals surface area contributed by atoms with Crippen LogP contribution in [0.5, 0.6) is 5.75 Å². The van der Waals surface area contributed by atoms with Crippen molar-refractivity contribution >= 4 is 24.0 Å². The molecular formula is C33H47N3O5. The van der Waals surface area contributed by atoms with Crippen molar-refractivity contribution in [3.8, 4) is 5.75 Å². The molecule has 0 saturated carbocycles. The smallest absolute Gasteiger partial charge is 0.298 e. The van der Waals surface area contributed by atoms with Gasteiger partial charge in [0.25, 0.3) is 12.4 Å². The average molecular weight is 566 g/mol. The van der Waals surface area contributed by atoms with Gasteiger partial charge in [-0.1, -0.05) is 70.4 Å². The van der Waals surface area contributed by atoms with Crippen LogP contribution in [0.2, 0.25) is 0 Å². The first-order valence-electron chi connectivity index (χ1n) is 15.1. The minimum atomic E-state index is -0.861. The molecule has 2 aromatic rings. The Bertz CT molecular complexity index is 1140. The first kappa shape index (κ1) is 32.3. The fourth-order valence-corrected chi connectivity index (χ4v) is 5.34. The van der Waals surface area contributed by atoms with Crippen molar-refractivity contribution in [3.05, 3.63) is 59.2 Å². The lowest BCUT2D eigenvalue weighted by atomic mass is 9.98. The fraction of sp³-hybridized carbons (Fsp3) is 0.545. The van der Waals surface area contributed by atoms with Gasteiger partial charge in [-0.15, -0.1) is 0 Å². The zero-order chi connectivity index (χ0) is 29.8. The lowest BCUT2D eigenvalue weighted by molar-refractivity contribution is -0.121. The molecule has 2 amide bonds. The van der Waals surface area contributed by atoms with E-state index in [0.29, 0.717) is 50.4 Å². The number of ether oxygens (including phenoxy) is 1. The molecule has 3 unspecified atom stereocenters. The van der Waals surface area contributed by atoms with Gasteiger partial charge in [0, 0.05) is 25.6 Å². The SMILES string of the molecule is CCCc1cc(C(=O)NC(Cc2ccccc2)C(O)CNC(C)CCCC(C)C)c(OC=O)c(N2CCCC2=O)c1. The third-order valence-electron chi connectivity index (χ3n) is 7.62. The van der Waals surface area contributed by atoms with Crippen LogP contribution in [-0.2, 0) is 22.4 Å². The molecule has 1 saturated heterocycles. The van der Waals surface area contributed by atoms with Gasteiger partial charge in [-0.3, -0.25) is 14.4 Å². The van der Waals surface area contributed by atoms with Crippen molar-refractivity contribution in [2.45, 2.75) is 97.2 Å². The molecule has 3 N–H and O–H groups in total. The summed E-state index contributed by atoms with van der Waals surface area (Å²) in [6.07, 6.45) is 5.50. The van der Waals surface area contributed by atoms with Crippen LogP contribution < -0.4 is 20.3 Å². The van der Waals surface area contributed by atoms with Crippen molar-refractivity contribution in [3.63, 3.8) is 0 Å². The van der Waals surface area contributed by atoms with Crippen LogP contribution in [0.1, 0.15) is 87.7 Å². The zero-order valence-corrected chi connectivity index (χ0v) is 25.0. The molecule has 1 aliphatic rings. The molecule has 0 spiro atoms. The van der Waals surface area contributed by atoms with E-state index in [0.717, 1.165) is 36.8 Å². The molecule has 0 radical (unpaired) electrons. The quantitative estimate of drug-likeness (QED) is 0.238. The summed E-state index contributed by atoms with van der Waals surface area (Å²) in [6.45, 7) is 9.70. The highest BCUT2D eigenvalue weighted by atomic mass is 16.5. The van der Waals surface area contributed by atoms with Gasteiger partial charge in [0.15, 0.2) is 5.75 Å². The number of carbonyl (C=O) groups is 3. The van der Waals surface area contributed by atoms with Crippen LogP contribution >= 0.6 is 0 Å². The van der Waals surface area contributed by atoms with E-state index in [-0.39, 0.29) is 29.7 Å². The third kappa shape index (κ3) is 9.68. The van der Waals surface area contributed by atoms with Crippen LogP contribution in [-0.4, -0.2) is 54.7 Å². The summed E-state index contributed by atoms with van der Waals surface area (Å²) >= 11 is 0. The van der Waals surface area contributed by atoms with E-state index < -0.39 is 18.1 Å². The Balaban J connectivity index is 1.86. The maximum atomic E-state index is 13.9. The van der Waals surface area contributed by atoms with Gasteiger partial charge >= 0.3 is 0 Å². The number of aliphatic hydroxyl groups is 1. The molecule has 8 nitrogen and oxygen atoms in total. The summed E-state index contributed by atoms with van der Waals surface area (Å²) in [5.74, 6) is 0.202. The molecule has 224 valence electrons. The molecule has 1 aliphatic heterocycles. The molecule has 0 aromatic heterocycles. The van der Waals surface area contributed by atoms with Crippen LogP contribution in [0.3, 0.4) is 0 Å². The lowest BCUT2D eigenvalue weighted by Gasteiger charge is -2.27. The Morgan fingerprint density at radius 3 is 2.51 bits per heavy atom. The van der Waals surface area contributed by atoms with Gasteiger partial charge in [0.05, 0.1) is 23.4 Å². The van der Waals surface area contributed by atoms with Gasteiger partial charge < -0.3 is 25.4 Å². The number of hydrogen-bond donors (Lipinski definition) is 3. The first-order valence-corrected chi connectivity index (χ1v) is 15.1. The lowest BCUT2D eigenvalue weighted by Crippen LogP contribution is -2.50. The minimum absolute atomic E-state index is 0.0632. The van der Waals surface area contributed by atoms with Gasteiger partial charge in [-0.05, 0) is 61.8 Å². The topological polar surface area (TPSA) is 108 Å². The van der Waals surface area contributed by atoms with Crippen molar-refractivity contribution in [1.29, 1.82) is 0 Å². The second kappa shape index (κ2) is 16.3. The number of nitrogens with one attached hydrogen (secondary N) is 2. The van der Waals surface area contributed by atoms with Gasteiger partial charge in [0.1, 0.15) is 0 Å². The van der Waals surface area contributed by atoms with Crippen LogP contribution in [0, 0.1) is 5.92 Å². The summed E-state index contributed by atoms with van der Waals surface area (Å²) in [7, 11) is 0. The standard InChI is InChI=1S/C33H47N3O5/c1-5-11-26-18-27(32(41-22-37)29(20-26)36-17-10-16-31(36)39)33(40)35-28(19-25-14-7-6-8-15-25)30(38)21-34-24(4)13-9-12-23(2)3/h6-8,14-15,18,20,22-24,28,30,34,38H,5,9-13,16-17,19,21H2,1-4H3,(H,35,40). The molecule has 8 heteroatoms. The number of hydrogen-bond acceptors (Lipinski definition) is 6. The molecule has 2 aromatic carbocycles. The number of benzene rings is 2. The Kier molecular flexibility index (Phi) is 12.8. The highest BCUT2D eigenvalue weighted by molar-refractivity contribution is 6.03. The number of rotatable bonds is 17. The number of amides is 2.